The fraction of sp³-hybridized carbons (Fsp3) is 0.513. The summed E-state index contributed by atoms with van der Waals surface area (Å²) >= 11 is 0. The van der Waals surface area contributed by atoms with Crippen molar-refractivity contribution in [3.05, 3.63) is 71.8 Å². The maximum absolute atomic E-state index is 14.1. The zero-order chi connectivity index (χ0) is 40.2. The molecular formula is C39H54N8O8. The highest BCUT2D eigenvalue weighted by atomic mass is 16.3. The first-order valence-electron chi connectivity index (χ1n) is 18.8. The van der Waals surface area contributed by atoms with Crippen molar-refractivity contribution in [3.63, 3.8) is 0 Å². The molecule has 10 N–H and O–H groups in total. The predicted molar refractivity (Wildman–Crippen MR) is 202 cm³/mol. The first-order valence-corrected chi connectivity index (χ1v) is 18.8. The van der Waals surface area contributed by atoms with Crippen LogP contribution in [0.25, 0.3) is 0 Å². The molecular weight excluding hydrogens is 708 g/mol. The number of hydrogen-bond acceptors (Lipinski definition) is 9. The average Bonchev–Trinajstić information content (AvgIpc) is 3.52. The molecule has 0 aliphatic carbocycles. The summed E-state index contributed by atoms with van der Waals surface area (Å²) in [6.07, 6.45) is -0.0984. The maximum Gasteiger partial charge on any atom is 0.247 e. The molecule has 0 radical (unpaired) electrons. The quantitative estimate of drug-likeness (QED) is 0.0845. The molecule has 2 aliphatic heterocycles. The van der Waals surface area contributed by atoms with E-state index in [0.29, 0.717) is 18.4 Å². The lowest BCUT2D eigenvalue weighted by Gasteiger charge is -2.30. The Kier molecular flexibility index (Phi) is 15.3. The molecule has 2 saturated heterocycles. The van der Waals surface area contributed by atoms with E-state index in [4.69, 9.17) is 17.2 Å². The van der Waals surface area contributed by atoms with Gasteiger partial charge >= 0.3 is 0 Å². The minimum absolute atomic E-state index is 0.0207. The third-order valence-corrected chi connectivity index (χ3v) is 9.84. The summed E-state index contributed by atoms with van der Waals surface area (Å²) < 4.78 is 0. The lowest BCUT2D eigenvalue weighted by molar-refractivity contribution is -0.144. The first kappa shape index (κ1) is 42.4. The van der Waals surface area contributed by atoms with Crippen molar-refractivity contribution in [1.82, 2.24) is 25.8 Å². The number of benzene rings is 2. The predicted octanol–water partition coefficient (Wildman–Crippen LogP) is -0.649. The zero-order valence-electron chi connectivity index (χ0n) is 31.4. The lowest BCUT2D eigenvalue weighted by Crippen LogP contribution is -2.59. The smallest absolute Gasteiger partial charge is 0.247 e. The van der Waals surface area contributed by atoms with Gasteiger partial charge in [0.2, 0.25) is 41.4 Å². The van der Waals surface area contributed by atoms with E-state index >= 15 is 0 Å². The molecule has 0 spiro atoms. The minimum Gasteiger partial charge on any atom is -0.371 e. The van der Waals surface area contributed by atoms with Gasteiger partial charge in [0.1, 0.15) is 30.4 Å². The van der Waals surface area contributed by atoms with Crippen molar-refractivity contribution in [2.24, 2.45) is 23.1 Å². The monoisotopic (exact) mass is 762 g/mol. The van der Waals surface area contributed by atoms with Gasteiger partial charge in [-0.25, -0.2) is 0 Å². The van der Waals surface area contributed by atoms with Crippen molar-refractivity contribution in [2.75, 3.05) is 6.54 Å². The number of aliphatic hydroxyl groups is 1. The van der Waals surface area contributed by atoms with Crippen LogP contribution >= 0.6 is 0 Å². The number of rotatable bonds is 20. The Hall–Kier alpha value is -5.35. The highest BCUT2D eigenvalue weighted by Crippen LogP contribution is 2.34. The lowest BCUT2D eigenvalue weighted by atomic mass is 9.99. The number of nitrogens with one attached hydrogen (secondary N) is 3. The molecule has 7 atom stereocenters. The maximum atomic E-state index is 14.1. The van der Waals surface area contributed by atoms with Gasteiger partial charge in [0.15, 0.2) is 0 Å². The van der Waals surface area contributed by atoms with Crippen LogP contribution in [0.1, 0.15) is 69.9 Å². The first-order chi connectivity index (χ1) is 26.2. The second kappa shape index (κ2) is 19.8. The van der Waals surface area contributed by atoms with E-state index in [1.165, 1.54) is 9.80 Å². The second-order valence-corrected chi connectivity index (χ2v) is 14.7. The van der Waals surface area contributed by atoms with E-state index in [0.717, 1.165) is 5.56 Å². The van der Waals surface area contributed by atoms with Gasteiger partial charge < -0.3 is 48.1 Å². The second-order valence-electron chi connectivity index (χ2n) is 14.7. The summed E-state index contributed by atoms with van der Waals surface area (Å²) in [6, 6.07) is 12.1. The molecule has 55 heavy (non-hydrogen) atoms. The number of hydrogen-bond donors (Lipinski definition) is 7. The van der Waals surface area contributed by atoms with Crippen molar-refractivity contribution < 1.29 is 38.7 Å². The number of amides is 7. The normalized spacial score (nSPS) is 19.8. The Morgan fingerprint density at radius 3 is 1.89 bits per heavy atom. The molecule has 16 heteroatoms. The molecule has 0 bridgehead atoms. The van der Waals surface area contributed by atoms with E-state index in [1.807, 2.05) is 44.2 Å². The molecule has 16 nitrogen and oxygen atoms in total. The molecule has 2 aromatic rings. The van der Waals surface area contributed by atoms with Gasteiger partial charge in [-0.1, -0.05) is 74.5 Å². The Bertz CT molecular complexity index is 1680. The Labute approximate surface area is 320 Å². The standard InChI is InChI=1S/C39H54N8O8/c1-23(2)20-28(44-34(50)26(40)21-24-10-5-3-6-11-24)35(51)45-29(22-25-12-7-4-8-13-25)36(52)43-27(15-17-32(41)48)37(53)46-19-9-14-30(46)38(54)47-31(39(47)55)16-18-33(42)49/h3-8,10-13,23,26-31,39,55H,9,14-22,40H2,1-2H3,(H2,41,48)(H2,42,49)(H,43,52)(H,44,50)(H,45,51)/t26-,27-,28-,29-,30-,31-,39+,47?/m0/s1. The largest absolute Gasteiger partial charge is 0.371 e. The molecule has 2 aromatic carbocycles. The molecule has 2 heterocycles. The number of carbonyl (C=O) groups is 7. The van der Waals surface area contributed by atoms with Gasteiger partial charge in [-0.2, -0.15) is 0 Å². The van der Waals surface area contributed by atoms with Crippen LogP contribution < -0.4 is 33.2 Å². The van der Waals surface area contributed by atoms with E-state index in [1.54, 1.807) is 30.3 Å². The van der Waals surface area contributed by atoms with Gasteiger partial charge in [0.05, 0.1) is 12.1 Å². The van der Waals surface area contributed by atoms with E-state index < -0.39 is 83.8 Å². The summed E-state index contributed by atoms with van der Waals surface area (Å²) in [5, 5.41) is 18.6. The number of likely N-dealkylation sites (tertiary alicyclic amines) is 1. The van der Waals surface area contributed by atoms with Crippen LogP contribution in [-0.2, 0) is 46.4 Å². The van der Waals surface area contributed by atoms with Gasteiger partial charge in [0.25, 0.3) is 0 Å². The van der Waals surface area contributed by atoms with Gasteiger partial charge in [-0.15, -0.1) is 0 Å². The van der Waals surface area contributed by atoms with Crippen LogP contribution in [0.3, 0.4) is 0 Å². The Morgan fingerprint density at radius 1 is 0.764 bits per heavy atom. The fourth-order valence-corrected chi connectivity index (χ4v) is 6.89. The fourth-order valence-electron chi connectivity index (χ4n) is 6.89. The van der Waals surface area contributed by atoms with Gasteiger partial charge in [0, 0.05) is 25.8 Å². The van der Waals surface area contributed by atoms with Crippen LogP contribution in [0.2, 0.25) is 0 Å². The summed E-state index contributed by atoms with van der Waals surface area (Å²) in [5.74, 6) is -4.32. The third-order valence-electron chi connectivity index (χ3n) is 9.84. The molecule has 298 valence electrons. The van der Waals surface area contributed by atoms with Crippen LogP contribution in [-0.4, -0.2) is 105 Å². The van der Waals surface area contributed by atoms with Crippen molar-refractivity contribution in [3.8, 4) is 0 Å². The van der Waals surface area contributed by atoms with Crippen molar-refractivity contribution >= 4 is 41.4 Å². The molecule has 4 rings (SSSR count). The van der Waals surface area contributed by atoms with Crippen LogP contribution in [0, 0.1) is 5.92 Å². The topological polar surface area (TPSA) is 260 Å². The van der Waals surface area contributed by atoms with Crippen LogP contribution in [0.5, 0.6) is 0 Å². The molecule has 2 aliphatic rings. The summed E-state index contributed by atoms with van der Waals surface area (Å²) in [4.78, 5) is 94.5. The van der Waals surface area contributed by atoms with Gasteiger partial charge in [-0.3, -0.25) is 33.6 Å². The third kappa shape index (κ3) is 12.3. The Morgan fingerprint density at radius 2 is 1.31 bits per heavy atom. The number of aliphatic hydroxyl groups excluding tert-OH is 1. The SMILES string of the molecule is CC(C)C[C@H](NC(=O)[C@@H](N)Cc1ccccc1)C(=O)N[C@@H](Cc1ccccc1)C(=O)N[C@@H](CCC(N)=O)C(=O)N1CCC[C@H]1C(=O)N1[C@H](O)[C@@H]1CCC(N)=O. The van der Waals surface area contributed by atoms with Crippen LogP contribution in [0.4, 0.5) is 0 Å². The van der Waals surface area contributed by atoms with Crippen molar-refractivity contribution in [1.29, 1.82) is 0 Å². The summed E-state index contributed by atoms with van der Waals surface area (Å²) in [6.45, 7) is 3.96. The number of nitrogens with zero attached hydrogens (tertiary/aromatic N) is 2. The molecule has 0 aromatic heterocycles. The van der Waals surface area contributed by atoms with Crippen molar-refractivity contribution in [2.45, 2.75) is 114 Å². The number of nitrogens with two attached hydrogens (primary N) is 3. The van der Waals surface area contributed by atoms with Crippen LogP contribution in [0.15, 0.2) is 60.7 Å². The van der Waals surface area contributed by atoms with E-state index in [-0.39, 0.29) is 57.4 Å². The molecule has 2 fully saturated rings. The van der Waals surface area contributed by atoms with Gasteiger partial charge in [-0.05, 0) is 55.6 Å². The highest BCUT2D eigenvalue weighted by molar-refractivity contribution is 5.97. The zero-order valence-corrected chi connectivity index (χ0v) is 31.4. The molecule has 0 unspecified atom stereocenters. The average molecular weight is 763 g/mol. The number of primary amides is 2. The summed E-state index contributed by atoms with van der Waals surface area (Å²) in [5.41, 5.74) is 18.4. The van der Waals surface area contributed by atoms with E-state index in [9.17, 15) is 38.7 Å². The number of carbonyl (C=O) groups excluding carboxylic acids is 7. The minimum atomic E-state index is -1.30. The highest BCUT2D eigenvalue weighted by Gasteiger charge is 2.53. The summed E-state index contributed by atoms with van der Waals surface area (Å²) in [7, 11) is 0. The molecule has 7 amide bonds. The Balaban J connectivity index is 1.52. The van der Waals surface area contributed by atoms with E-state index in [2.05, 4.69) is 16.0 Å². The molecule has 0 saturated carbocycles.